The van der Waals surface area contributed by atoms with Gasteiger partial charge in [0.15, 0.2) is 11.7 Å². The van der Waals surface area contributed by atoms with Crippen molar-refractivity contribution in [2.45, 2.75) is 38.6 Å². The summed E-state index contributed by atoms with van der Waals surface area (Å²) >= 11 is 1.96. The molecule has 3 rings (SSSR count). The van der Waals surface area contributed by atoms with Crippen LogP contribution in [0, 0.1) is 6.92 Å². The fourth-order valence-corrected chi connectivity index (χ4v) is 3.89. The highest BCUT2D eigenvalue weighted by Gasteiger charge is 2.17. The Labute approximate surface area is 141 Å². The van der Waals surface area contributed by atoms with E-state index < -0.39 is 0 Å². The molecule has 1 aromatic carbocycles. The number of oxazole rings is 1. The van der Waals surface area contributed by atoms with Crippen molar-refractivity contribution in [1.29, 1.82) is 0 Å². The van der Waals surface area contributed by atoms with Crippen molar-refractivity contribution in [2.75, 3.05) is 11.5 Å². The largest absolute Gasteiger partial charge is 0.440 e. The van der Waals surface area contributed by atoms with E-state index in [9.17, 15) is 4.79 Å². The van der Waals surface area contributed by atoms with Crippen molar-refractivity contribution in [2.24, 2.45) is 0 Å². The Hall–Kier alpha value is -1.75. The Kier molecular flexibility index (Phi) is 5.39. The highest BCUT2D eigenvalue weighted by molar-refractivity contribution is 7.99. The first-order valence-corrected chi connectivity index (χ1v) is 9.26. The van der Waals surface area contributed by atoms with Crippen molar-refractivity contribution in [3.8, 4) is 11.3 Å². The Morgan fingerprint density at radius 3 is 2.78 bits per heavy atom. The minimum absolute atomic E-state index is 0.0963. The second-order valence-electron chi connectivity index (χ2n) is 5.84. The third-order valence-corrected chi connectivity index (χ3v) is 5.08. The van der Waals surface area contributed by atoms with E-state index in [4.69, 9.17) is 4.42 Å². The summed E-state index contributed by atoms with van der Waals surface area (Å²) in [5.41, 5.74) is 1.89. The number of hydrogen-bond acceptors (Lipinski definition) is 4. The molecule has 1 aliphatic heterocycles. The highest BCUT2D eigenvalue weighted by atomic mass is 32.2. The molecule has 0 radical (unpaired) electrons. The van der Waals surface area contributed by atoms with E-state index in [1.54, 1.807) is 0 Å². The molecule has 122 valence electrons. The van der Waals surface area contributed by atoms with Crippen molar-refractivity contribution >= 4 is 17.7 Å². The molecule has 0 spiro atoms. The standard InChI is InChI=1S/C18H22N2O2S/c1-13-18(14-5-3-2-4-6-14)22-17(19-13)8-7-16(21)20-15-9-11-23-12-10-15/h2-6,15H,7-12H2,1H3,(H,20,21). The van der Waals surface area contributed by atoms with Gasteiger partial charge in [0.2, 0.25) is 5.91 Å². The van der Waals surface area contributed by atoms with Crippen LogP contribution in [-0.2, 0) is 11.2 Å². The quantitative estimate of drug-likeness (QED) is 0.910. The molecule has 4 nitrogen and oxygen atoms in total. The molecular formula is C18H22N2O2S. The van der Waals surface area contributed by atoms with E-state index in [0.29, 0.717) is 24.8 Å². The van der Waals surface area contributed by atoms with Crippen LogP contribution in [0.2, 0.25) is 0 Å². The number of rotatable bonds is 5. The van der Waals surface area contributed by atoms with Gasteiger partial charge in [-0.25, -0.2) is 4.98 Å². The second kappa shape index (κ2) is 7.68. The van der Waals surface area contributed by atoms with Gasteiger partial charge in [0, 0.05) is 24.4 Å². The molecule has 0 unspecified atom stereocenters. The number of carbonyl (C=O) groups is 1. The summed E-state index contributed by atoms with van der Waals surface area (Å²) in [6, 6.07) is 10.3. The predicted molar refractivity (Wildman–Crippen MR) is 93.5 cm³/mol. The molecule has 23 heavy (non-hydrogen) atoms. The number of aromatic nitrogens is 1. The minimum Gasteiger partial charge on any atom is -0.440 e. The molecule has 5 heteroatoms. The summed E-state index contributed by atoms with van der Waals surface area (Å²) in [6.45, 7) is 1.94. The molecule has 2 heterocycles. The monoisotopic (exact) mass is 330 g/mol. The van der Waals surface area contributed by atoms with E-state index in [1.807, 2.05) is 49.0 Å². The Balaban J connectivity index is 1.55. The van der Waals surface area contributed by atoms with Crippen LogP contribution >= 0.6 is 11.8 Å². The number of nitrogens with zero attached hydrogens (tertiary/aromatic N) is 1. The van der Waals surface area contributed by atoms with Gasteiger partial charge in [-0.2, -0.15) is 11.8 Å². The first-order chi connectivity index (χ1) is 11.2. The molecule has 1 aliphatic rings. The van der Waals surface area contributed by atoms with Crippen molar-refractivity contribution < 1.29 is 9.21 Å². The van der Waals surface area contributed by atoms with Gasteiger partial charge in [0.1, 0.15) is 0 Å². The lowest BCUT2D eigenvalue weighted by Gasteiger charge is -2.22. The molecule has 0 atom stereocenters. The summed E-state index contributed by atoms with van der Waals surface area (Å²) in [4.78, 5) is 16.5. The number of benzene rings is 1. The van der Waals surface area contributed by atoms with E-state index in [1.165, 1.54) is 0 Å². The maximum absolute atomic E-state index is 12.1. The van der Waals surface area contributed by atoms with Gasteiger partial charge in [-0.1, -0.05) is 30.3 Å². The van der Waals surface area contributed by atoms with Crippen LogP contribution in [0.5, 0.6) is 0 Å². The van der Waals surface area contributed by atoms with Crippen LogP contribution in [0.3, 0.4) is 0 Å². The van der Waals surface area contributed by atoms with E-state index in [0.717, 1.165) is 41.4 Å². The van der Waals surface area contributed by atoms with Crippen LogP contribution in [0.1, 0.15) is 30.8 Å². The Bertz CT molecular complexity index is 648. The molecule has 1 saturated heterocycles. The average molecular weight is 330 g/mol. The first kappa shape index (κ1) is 16.1. The predicted octanol–water partition coefficient (Wildman–Crippen LogP) is 3.59. The normalized spacial score (nSPS) is 15.5. The third kappa shape index (κ3) is 4.38. The molecule has 1 N–H and O–H groups in total. The molecular weight excluding hydrogens is 308 g/mol. The van der Waals surface area contributed by atoms with Crippen LogP contribution in [0.15, 0.2) is 34.7 Å². The van der Waals surface area contributed by atoms with Gasteiger partial charge in [-0.15, -0.1) is 0 Å². The third-order valence-electron chi connectivity index (χ3n) is 4.03. The van der Waals surface area contributed by atoms with E-state index in [-0.39, 0.29) is 5.91 Å². The zero-order valence-electron chi connectivity index (χ0n) is 13.4. The number of hydrogen-bond donors (Lipinski definition) is 1. The number of carbonyl (C=O) groups excluding carboxylic acids is 1. The van der Waals surface area contributed by atoms with Crippen LogP contribution in [-0.4, -0.2) is 28.4 Å². The molecule has 0 saturated carbocycles. The van der Waals surface area contributed by atoms with Gasteiger partial charge in [-0.05, 0) is 31.3 Å². The minimum atomic E-state index is 0.0963. The molecule has 1 amide bonds. The van der Waals surface area contributed by atoms with Gasteiger partial charge in [-0.3, -0.25) is 4.79 Å². The lowest BCUT2D eigenvalue weighted by molar-refractivity contribution is -0.121. The molecule has 0 aliphatic carbocycles. The van der Waals surface area contributed by atoms with Gasteiger partial charge in [0.25, 0.3) is 0 Å². The average Bonchev–Trinajstić information content (AvgIpc) is 2.96. The van der Waals surface area contributed by atoms with Crippen molar-refractivity contribution in [1.82, 2.24) is 10.3 Å². The number of nitrogens with one attached hydrogen (secondary N) is 1. The smallest absolute Gasteiger partial charge is 0.220 e. The summed E-state index contributed by atoms with van der Waals surface area (Å²) in [6.07, 6.45) is 3.12. The molecule has 1 aromatic heterocycles. The van der Waals surface area contributed by atoms with Crippen molar-refractivity contribution in [3.63, 3.8) is 0 Å². The molecule has 2 aromatic rings. The molecule has 1 fully saturated rings. The lowest BCUT2D eigenvalue weighted by atomic mass is 10.1. The SMILES string of the molecule is Cc1nc(CCC(=O)NC2CCSCC2)oc1-c1ccccc1. The number of thioether (sulfide) groups is 1. The van der Waals surface area contributed by atoms with Crippen LogP contribution in [0.25, 0.3) is 11.3 Å². The zero-order valence-corrected chi connectivity index (χ0v) is 14.2. The summed E-state index contributed by atoms with van der Waals surface area (Å²) < 4.78 is 5.85. The maximum Gasteiger partial charge on any atom is 0.220 e. The number of amides is 1. The Morgan fingerprint density at radius 2 is 2.04 bits per heavy atom. The summed E-state index contributed by atoms with van der Waals surface area (Å²) in [5.74, 6) is 3.81. The number of aryl methyl sites for hydroxylation is 2. The lowest BCUT2D eigenvalue weighted by Crippen LogP contribution is -2.37. The first-order valence-electron chi connectivity index (χ1n) is 8.11. The van der Waals surface area contributed by atoms with Crippen LogP contribution < -0.4 is 5.32 Å². The fraction of sp³-hybridized carbons (Fsp3) is 0.444. The van der Waals surface area contributed by atoms with Gasteiger partial charge >= 0.3 is 0 Å². The van der Waals surface area contributed by atoms with E-state index in [2.05, 4.69) is 10.3 Å². The fourth-order valence-electron chi connectivity index (χ4n) is 2.78. The zero-order chi connectivity index (χ0) is 16.1. The van der Waals surface area contributed by atoms with Gasteiger partial charge in [0.05, 0.1) is 5.69 Å². The topological polar surface area (TPSA) is 55.1 Å². The summed E-state index contributed by atoms with van der Waals surface area (Å²) in [5, 5.41) is 3.12. The molecule has 0 bridgehead atoms. The second-order valence-corrected chi connectivity index (χ2v) is 7.07. The van der Waals surface area contributed by atoms with Crippen molar-refractivity contribution in [3.05, 3.63) is 41.9 Å². The van der Waals surface area contributed by atoms with Gasteiger partial charge < -0.3 is 9.73 Å². The van der Waals surface area contributed by atoms with Crippen LogP contribution in [0.4, 0.5) is 0 Å². The summed E-state index contributed by atoms with van der Waals surface area (Å²) in [7, 11) is 0. The maximum atomic E-state index is 12.1. The van der Waals surface area contributed by atoms with E-state index >= 15 is 0 Å². The Morgan fingerprint density at radius 1 is 1.30 bits per heavy atom. The highest BCUT2D eigenvalue weighted by Crippen LogP contribution is 2.24.